The second-order valence-electron chi connectivity index (χ2n) is 4.33. The Balaban J connectivity index is 2.34. The Kier molecular flexibility index (Phi) is 3.61. The van der Waals surface area contributed by atoms with Gasteiger partial charge in [0.05, 0.1) is 7.11 Å². The molecule has 7 heteroatoms. The molecule has 108 valence electrons. The number of H-pyrrole nitrogens is 1. The lowest BCUT2D eigenvalue weighted by Crippen LogP contribution is -2.21. The largest absolute Gasteiger partial charge is 0.503 e. The quantitative estimate of drug-likeness (QED) is 0.942. The van der Waals surface area contributed by atoms with Gasteiger partial charge in [-0.25, -0.2) is 0 Å². The summed E-state index contributed by atoms with van der Waals surface area (Å²) in [5.41, 5.74) is -0.0132. The van der Waals surface area contributed by atoms with E-state index in [1.165, 1.54) is 14.0 Å². The summed E-state index contributed by atoms with van der Waals surface area (Å²) in [6.07, 6.45) is -4.49. The minimum atomic E-state index is -4.62. The molecule has 2 aromatic rings. The van der Waals surface area contributed by atoms with Crippen molar-refractivity contribution >= 4 is 0 Å². The van der Waals surface area contributed by atoms with Crippen molar-refractivity contribution in [3.05, 3.63) is 51.4 Å². The van der Waals surface area contributed by atoms with Crippen molar-refractivity contribution in [2.75, 3.05) is 7.11 Å². The van der Waals surface area contributed by atoms with Gasteiger partial charge in [-0.2, -0.15) is 4.68 Å². The van der Waals surface area contributed by atoms with Gasteiger partial charge in [0.25, 0.3) is 5.56 Å². The van der Waals surface area contributed by atoms with Gasteiger partial charge < -0.3 is 4.74 Å². The van der Waals surface area contributed by atoms with E-state index in [2.05, 4.69) is 0 Å². The fourth-order valence-corrected chi connectivity index (χ4v) is 1.96. The van der Waals surface area contributed by atoms with E-state index in [0.717, 1.165) is 5.56 Å². The van der Waals surface area contributed by atoms with Crippen LogP contribution in [0, 0.1) is 6.92 Å². The lowest BCUT2D eigenvalue weighted by molar-refractivity contribution is -0.213. The lowest BCUT2D eigenvalue weighted by Gasteiger charge is -2.09. The third-order valence-corrected chi connectivity index (χ3v) is 3.05. The molecule has 0 bridgehead atoms. The molecule has 1 aromatic carbocycles. The molecule has 2 rings (SSSR count). The van der Waals surface area contributed by atoms with E-state index in [9.17, 15) is 18.0 Å². The topological polar surface area (TPSA) is 47.0 Å². The molecular weight excluding hydrogens is 273 g/mol. The highest BCUT2D eigenvalue weighted by molar-refractivity contribution is 5.32. The number of rotatable bonds is 3. The van der Waals surface area contributed by atoms with Gasteiger partial charge in [0, 0.05) is 17.7 Å². The standard InChI is InChI=1S/C13H13F3N2O2/c1-8-11(12(19)17-18(8)13(14,15)16)7-9-3-5-10(20-2)6-4-9/h3-6H,7H2,1-2H3,(H,17,19). The first-order chi connectivity index (χ1) is 9.32. The highest BCUT2D eigenvalue weighted by Crippen LogP contribution is 2.24. The number of aromatic nitrogens is 2. The molecule has 0 atom stereocenters. The summed E-state index contributed by atoms with van der Waals surface area (Å²) in [7, 11) is 1.52. The first kappa shape index (κ1) is 14.2. The molecule has 0 aliphatic carbocycles. The smallest absolute Gasteiger partial charge is 0.497 e. The lowest BCUT2D eigenvalue weighted by atomic mass is 10.1. The number of nitrogens with one attached hydrogen (secondary N) is 1. The molecule has 1 heterocycles. The van der Waals surface area contributed by atoms with Gasteiger partial charge in [0.15, 0.2) is 0 Å². The maximum absolute atomic E-state index is 12.7. The van der Waals surface area contributed by atoms with Crippen LogP contribution in [0.2, 0.25) is 0 Å². The zero-order valence-corrected chi connectivity index (χ0v) is 10.9. The molecule has 0 fully saturated rings. The SMILES string of the molecule is COc1ccc(Cc2c(C)n(C(F)(F)F)[nH]c2=O)cc1. The Hall–Kier alpha value is -2.18. The number of halogens is 3. The van der Waals surface area contributed by atoms with Crippen molar-refractivity contribution in [1.82, 2.24) is 9.78 Å². The first-order valence-corrected chi connectivity index (χ1v) is 5.83. The van der Waals surface area contributed by atoms with E-state index in [4.69, 9.17) is 4.74 Å². The molecule has 0 spiro atoms. The van der Waals surface area contributed by atoms with Crippen LogP contribution in [-0.4, -0.2) is 16.9 Å². The van der Waals surface area contributed by atoms with E-state index in [1.54, 1.807) is 24.3 Å². The van der Waals surface area contributed by atoms with Gasteiger partial charge in [-0.15, -0.1) is 13.2 Å². The highest BCUT2D eigenvalue weighted by atomic mass is 19.4. The second kappa shape index (κ2) is 5.07. The number of ether oxygens (including phenoxy) is 1. The van der Waals surface area contributed by atoms with Crippen molar-refractivity contribution in [1.29, 1.82) is 0 Å². The van der Waals surface area contributed by atoms with Crippen LogP contribution in [0.3, 0.4) is 0 Å². The van der Waals surface area contributed by atoms with Crippen LogP contribution < -0.4 is 10.3 Å². The number of aromatic amines is 1. The minimum absolute atomic E-state index is 0.0613. The van der Waals surface area contributed by atoms with E-state index < -0.39 is 11.9 Å². The Morgan fingerprint density at radius 1 is 1.25 bits per heavy atom. The molecule has 0 saturated heterocycles. The van der Waals surface area contributed by atoms with E-state index in [1.807, 2.05) is 5.10 Å². The van der Waals surface area contributed by atoms with Gasteiger partial charge in [-0.1, -0.05) is 12.1 Å². The van der Waals surface area contributed by atoms with Gasteiger partial charge in [0.1, 0.15) is 5.75 Å². The molecule has 0 aliphatic rings. The minimum Gasteiger partial charge on any atom is -0.497 e. The van der Waals surface area contributed by atoms with Gasteiger partial charge in [0.2, 0.25) is 0 Å². The number of benzene rings is 1. The number of hydrogen-bond acceptors (Lipinski definition) is 2. The van der Waals surface area contributed by atoms with E-state index in [-0.39, 0.29) is 22.4 Å². The van der Waals surface area contributed by atoms with Gasteiger partial charge >= 0.3 is 6.30 Å². The van der Waals surface area contributed by atoms with Crippen LogP contribution in [-0.2, 0) is 12.7 Å². The summed E-state index contributed by atoms with van der Waals surface area (Å²) in [5, 5.41) is 1.81. The van der Waals surface area contributed by atoms with Crippen LogP contribution in [0.1, 0.15) is 16.8 Å². The summed E-state index contributed by atoms with van der Waals surface area (Å²) in [5.74, 6) is 0.646. The molecule has 0 saturated carbocycles. The van der Waals surface area contributed by atoms with Crippen molar-refractivity contribution in [3.63, 3.8) is 0 Å². The predicted molar refractivity (Wildman–Crippen MR) is 66.9 cm³/mol. The van der Waals surface area contributed by atoms with Crippen LogP contribution in [0.4, 0.5) is 13.2 Å². The Morgan fingerprint density at radius 2 is 1.85 bits per heavy atom. The normalized spacial score (nSPS) is 11.7. The van der Waals surface area contributed by atoms with Crippen LogP contribution >= 0.6 is 0 Å². The summed E-state index contributed by atoms with van der Waals surface area (Å²) in [6, 6.07) is 6.81. The average molecular weight is 286 g/mol. The van der Waals surface area contributed by atoms with Crippen molar-refractivity contribution in [3.8, 4) is 5.75 Å². The molecule has 0 unspecified atom stereocenters. The number of hydrogen-bond donors (Lipinski definition) is 1. The van der Waals surface area contributed by atoms with Crippen molar-refractivity contribution in [2.45, 2.75) is 19.6 Å². The zero-order valence-electron chi connectivity index (χ0n) is 10.9. The van der Waals surface area contributed by atoms with Crippen molar-refractivity contribution < 1.29 is 17.9 Å². The van der Waals surface area contributed by atoms with E-state index in [0.29, 0.717) is 5.75 Å². The molecule has 1 N–H and O–H groups in total. The first-order valence-electron chi connectivity index (χ1n) is 5.83. The molecule has 0 aliphatic heterocycles. The predicted octanol–water partition coefficient (Wildman–Crippen LogP) is 2.56. The van der Waals surface area contributed by atoms with Crippen molar-refractivity contribution in [2.24, 2.45) is 0 Å². The molecule has 0 radical (unpaired) electrons. The second-order valence-corrected chi connectivity index (χ2v) is 4.33. The summed E-state index contributed by atoms with van der Waals surface area (Å²) >= 11 is 0. The Morgan fingerprint density at radius 3 is 2.30 bits per heavy atom. The van der Waals surface area contributed by atoms with Gasteiger partial charge in [-0.05, 0) is 24.6 Å². The Bertz CT molecular complexity index is 654. The number of alkyl halides is 3. The maximum atomic E-state index is 12.7. The summed E-state index contributed by atoms with van der Waals surface area (Å²) in [4.78, 5) is 11.6. The monoisotopic (exact) mass is 286 g/mol. The average Bonchev–Trinajstić information content (AvgIpc) is 2.67. The molecule has 20 heavy (non-hydrogen) atoms. The number of methoxy groups -OCH3 is 1. The third-order valence-electron chi connectivity index (χ3n) is 3.05. The molecule has 0 amide bonds. The third kappa shape index (κ3) is 2.71. The fraction of sp³-hybridized carbons (Fsp3) is 0.308. The van der Waals surface area contributed by atoms with Crippen LogP contribution in [0.5, 0.6) is 5.75 Å². The highest BCUT2D eigenvalue weighted by Gasteiger charge is 2.34. The van der Waals surface area contributed by atoms with E-state index >= 15 is 0 Å². The zero-order chi connectivity index (χ0) is 14.9. The summed E-state index contributed by atoms with van der Waals surface area (Å²) in [6.45, 7) is 1.27. The van der Waals surface area contributed by atoms with Gasteiger partial charge in [-0.3, -0.25) is 9.89 Å². The Labute approximate surface area is 112 Å². The number of nitrogens with zero attached hydrogens (tertiary/aromatic N) is 1. The van der Waals surface area contributed by atoms with Crippen LogP contribution in [0.15, 0.2) is 29.1 Å². The van der Waals surface area contributed by atoms with Crippen LogP contribution in [0.25, 0.3) is 0 Å². The molecule has 1 aromatic heterocycles. The summed E-state index contributed by atoms with van der Waals surface area (Å²) < 4.78 is 42.9. The fourth-order valence-electron chi connectivity index (χ4n) is 1.96. The molecular formula is C13H13F3N2O2. The maximum Gasteiger partial charge on any atom is 0.503 e. The molecule has 4 nitrogen and oxygen atoms in total.